The molecule has 1 aliphatic rings. The van der Waals surface area contributed by atoms with Gasteiger partial charge in [-0.05, 0) is 29.8 Å². The second-order valence-electron chi connectivity index (χ2n) is 5.26. The summed E-state index contributed by atoms with van der Waals surface area (Å²) in [7, 11) is 0. The Balaban J connectivity index is 1.93. The Labute approximate surface area is 138 Å². The molecule has 24 heavy (non-hydrogen) atoms. The summed E-state index contributed by atoms with van der Waals surface area (Å²) in [6.45, 7) is 1.38. The fourth-order valence-corrected chi connectivity index (χ4v) is 2.51. The van der Waals surface area contributed by atoms with Gasteiger partial charge < -0.3 is 10.4 Å². The monoisotopic (exact) mass is 322 g/mol. The van der Waals surface area contributed by atoms with E-state index in [1.54, 1.807) is 42.5 Å². The topological polar surface area (TPSA) is 86.7 Å². The summed E-state index contributed by atoms with van der Waals surface area (Å²) < 4.78 is 0. The van der Waals surface area contributed by atoms with Crippen LogP contribution in [-0.4, -0.2) is 22.8 Å². The van der Waals surface area contributed by atoms with Gasteiger partial charge in [0.2, 0.25) is 5.91 Å². The number of imide groups is 1. The molecule has 0 saturated heterocycles. The maximum absolute atomic E-state index is 12.6. The molecule has 6 heteroatoms. The zero-order valence-electron chi connectivity index (χ0n) is 12.8. The number of carbonyl (C=O) groups excluding carboxylic acids is 3. The molecule has 0 bridgehead atoms. The van der Waals surface area contributed by atoms with Gasteiger partial charge in [-0.15, -0.1) is 0 Å². The summed E-state index contributed by atoms with van der Waals surface area (Å²) in [6, 6.07) is 14.7. The quantitative estimate of drug-likeness (QED) is 0.850. The van der Waals surface area contributed by atoms with E-state index in [0.717, 1.165) is 4.90 Å². The second-order valence-corrected chi connectivity index (χ2v) is 5.26. The third kappa shape index (κ3) is 2.65. The minimum absolute atomic E-state index is 0.0217. The van der Waals surface area contributed by atoms with E-state index in [1.807, 2.05) is 0 Å². The van der Waals surface area contributed by atoms with Crippen molar-refractivity contribution in [2.75, 3.05) is 10.2 Å². The van der Waals surface area contributed by atoms with Crippen molar-refractivity contribution in [3.8, 4) is 0 Å². The number of amides is 3. The smallest absolute Gasteiger partial charge is 0.301 e. The highest BCUT2D eigenvalue weighted by molar-refractivity contribution is 6.44. The Morgan fingerprint density at radius 2 is 1.58 bits per heavy atom. The van der Waals surface area contributed by atoms with Gasteiger partial charge in [0.1, 0.15) is 0 Å². The van der Waals surface area contributed by atoms with E-state index in [-0.39, 0.29) is 11.5 Å². The number of carbonyl (C=O) groups is 3. The fraction of sp³-hybridized carbons (Fsp3) is 0.0556. The average Bonchev–Trinajstić information content (AvgIpc) is 2.78. The first kappa shape index (κ1) is 15.5. The number of hydrogen-bond donors (Lipinski definition) is 2. The van der Waals surface area contributed by atoms with Crippen LogP contribution in [0.2, 0.25) is 0 Å². The highest BCUT2D eigenvalue weighted by atomic mass is 16.3. The molecule has 0 atom stereocenters. The minimum Gasteiger partial charge on any atom is -0.502 e. The number of nitrogens with zero attached hydrogens (tertiary/aromatic N) is 1. The first-order valence-electron chi connectivity index (χ1n) is 7.24. The van der Waals surface area contributed by atoms with Crippen LogP contribution in [0.5, 0.6) is 0 Å². The highest BCUT2D eigenvalue weighted by Gasteiger charge is 2.40. The van der Waals surface area contributed by atoms with Crippen molar-refractivity contribution in [1.82, 2.24) is 0 Å². The van der Waals surface area contributed by atoms with Gasteiger partial charge in [0.05, 0.1) is 11.3 Å². The number of hydrogen-bond acceptors (Lipinski definition) is 4. The van der Waals surface area contributed by atoms with Gasteiger partial charge in [-0.2, -0.15) is 0 Å². The zero-order valence-corrected chi connectivity index (χ0v) is 12.8. The van der Waals surface area contributed by atoms with E-state index in [4.69, 9.17) is 0 Å². The lowest BCUT2D eigenvalue weighted by molar-refractivity contribution is -0.121. The van der Waals surface area contributed by atoms with E-state index in [9.17, 15) is 19.5 Å². The molecule has 0 unspecified atom stereocenters. The lowest BCUT2D eigenvalue weighted by atomic mass is 10.1. The Kier molecular flexibility index (Phi) is 3.87. The first-order valence-corrected chi connectivity index (χ1v) is 7.24. The predicted octanol–water partition coefficient (Wildman–Crippen LogP) is 2.49. The maximum atomic E-state index is 12.6. The second kappa shape index (κ2) is 6.00. The normalized spacial score (nSPS) is 14.3. The molecule has 3 amide bonds. The summed E-state index contributed by atoms with van der Waals surface area (Å²) in [5.41, 5.74) is 1.32. The van der Waals surface area contributed by atoms with Gasteiger partial charge in [0, 0.05) is 12.6 Å². The van der Waals surface area contributed by atoms with E-state index < -0.39 is 17.6 Å². The van der Waals surface area contributed by atoms with Gasteiger partial charge in [0.25, 0.3) is 5.91 Å². The van der Waals surface area contributed by atoms with Crippen LogP contribution in [0.3, 0.4) is 0 Å². The fourth-order valence-electron chi connectivity index (χ4n) is 2.51. The van der Waals surface area contributed by atoms with Crippen LogP contribution >= 0.6 is 0 Å². The predicted molar refractivity (Wildman–Crippen MR) is 89.2 cm³/mol. The summed E-state index contributed by atoms with van der Waals surface area (Å²) in [4.78, 5) is 36.8. The molecule has 0 saturated carbocycles. The largest absolute Gasteiger partial charge is 0.502 e. The Morgan fingerprint density at radius 3 is 2.17 bits per heavy atom. The Morgan fingerprint density at radius 1 is 0.958 bits per heavy atom. The third-order valence-corrected chi connectivity index (χ3v) is 3.57. The van der Waals surface area contributed by atoms with E-state index >= 15 is 0 Å². The summed E-state index contributed by atoms with van der Waals surface area (Å²) in [6.07, 6.45) is 0. The molecule has 2 aromatic carbocycles. The molecule has 2 aromatic rings. The average molecular weight is 322 g/mol. The van der Waals surface area contributed by atoms with Gasteiger partial charge in [-0.1, -0.05) is 30.3 Å². The Hall–Kier alpha value is -3.41. The molecule has 120 valence electrons. The lowest BCUT2D eigenvalue weighted by Gasteiger charge is -2.15. The Bertz CT molecular complexity index is 854. The molecule has 6 nitrogen and oxygen atoms in total. The van der Waals surface area contributed by atoms with Crippen LogP contribution < -0.4 is 10.2 Å². The summed E-state index contributed by atoms with van der Waals surface area (Å²) in [5.74, 6) is -2.15. The third-order valence-electron chi connectivity index (χ3n) is 3.57. The van der Waals surface area contributed by atoms with Crippen molar-refractivity contribution in [3.05, 3.63) is 65.9 Å². The molecular weight excluding hydrogens is 308 g/mol. The van der Waals surface area contributed by atoms with Crippen LogP contribution in [0, 0.1) is 0 Å². The molecular formula is C18H14N2O4. The zero-order chi connectivity index (χ0) is 17.3. The van der Waals surface area contributed by atoms with Gasteiger partial charge in [-0.25, -0.2) is 4.90 Å². The molecule has 3 rings (SSSR count). The standard InChI is InChI=1S/C18H14N2O4/c1-11(21)19-13-7-9-14(10-8-13)20-17(23)15(16(22)18(20)24)12-5-3-2-4-6-12/h2-10,22H,1H3,(H,19,21). The van der Waals surface area contributed by atoms with Crippen molar-refractivity contribution < 1.29 is 19.5 Å². The number of benzene rings is 2. The van der Waals surface area contributed by atoms with Crippen LogP contribution in [0.4, 0.5) is 11.4 Å². The van der Waals surface area contributed by atoms with E-state index in [0.29, 0.717) is 16.9 Å². The molecule has 0 aromatic heterocycles. The van der Waals surface area contributed by atoms with Crippen molar-refractivity contribution in [1.29, 1.82) is 0 Å². The van der Waals surface area contributed by atoms with Crippen LogP contribution in [0.25, 0.3) is 5.57 Å². The maximum Gasteiger partial charge on any atom is 0.301 e. The van der Waals surface area contributed by atoms with Crippen LogP contribution in [-0.2, 0) is 14.4 Å². The van der Waals surface area contributed by atoms with Gasteiger partial charge in [0.15, 0.2) is 5.76 Å². The molecule has 2 N–H and O–H groups in total. The van der Waals surface area contributed by atoms with Crippen molar-refractivity contribution in [2.45, 2.75) is 6.92 Å². The van der Waals surface area contributed by atoms with E-state index in [1.165, 1.54) is 19.1 Å². The number of anilines is 2. The summed E-state index contributed by atoms with van der Waals surface area (Å²) >= 11 is 0. The lowest BCUT2D eigenvalue weighted by Crippen LogP contribution is -2.31. The van der Waals surface area contributed by atoms with Crippen molar-refractivity contribution in [3.63, 3.8) is 0 Å². The molecule has 0 aliphatic carbocycles. The SMILES string of the molecule is CC(=O)Nc1ccc(N2C(=O)C(O)=C(c3ccccc3)C2=O)cc1. The number of aliphatic hydroxyl groups is 1. The highest BCUT2D eigenvalue weighted by Crippen LogP contribution is 2.32. The van der Waals surface area contributed by atoms with Crippen LogP contribution in [0.1, 0.15) is 12.5 Å². The molecule has 0 radical (unpaired) electrons. The molecule has 1 aliphatic heterocycles. The molecule has 0 spiro atoms. The van der Waals surface area contributed by atoms with Gasteiger partial charge >= 0.3 is 5.91 Å². The van der Waals surface area contributed by atoms with Crippen LogP contribution in [0.15, 0.2) is 60.4 Å². The first-order chi connectivity index (χ1) is 11.5. The minimum atomic E-state index is -0.772. The number of nitrogens with one attached hydrogen (secondary N) is 1. The number of rotatable bonds is 3. The molecule has 1 heterocycles. The molecule has 0 fully saturated rings. The summed E-state index contributed by atoms with van der Waals surface area (Å²) in [5, 5.41) is 12.7. The van der Waals surface area contributed by atoms with E-state index in [2.05, 4.69) is 5.32 Å². The van der Waals surface area contributed by atoms with Crippen molar-refractivity contribution in [2.24, 2.45) is 0 Å². The number of aliphatic hydroxyl groups excluding tert-OH is 1. The van der Waals surface area contributed by atoms with Crippen molar-refractivity contribution >= 4 is 34.7 Å². The van der Waals surface area contributed by atoms with Gasteiger partial charge in [-0.3, -0.25) is 14.4 Å².